The lowest BCUT2D eigenvalue weighted by atomic mass is 10.1. The van der Waals surface area contributed by atoms with Gasteiger partial charge in [0.05, 0.1) is 29.8 Å². The van der Waals surface area contributed by atoms with Crippen LogP contribution in [0.3, 0.4) is 0 Å². The standard InChI is InChI=1S/C16H14N4S/c1-4-8-16-12(5-1)14(11-21-16)18-13-6-2-3-7-15(13)20-10-9-17-19-20/h1-10,14,18H,11H2. The molecule has 104 valence electrons. The van der Waals surface area contributed by atoms with Crippen molar-refractivity contribution in [1.82, 2.24) is 15.0 Å². The van der Waals surface area contributed by atoms with E-state index in [0.717, 1.165) is 17.1 Å². The summed E-state index contributed by atoms with van der Waals surface area (Å²) < 4.78 is 1.79. The molecule has 1 aliphatic heterocycles. The number of thioether (sulfide) groups is 1. The van der Waals surface area contributed by atoms with Crippen molar-refractivity contribution in [2.24, 2.45) is 0 Å². The number of fused-ring (bicyclic) bond motifs is 1. The minimum Gasteiger partial charge on any atom is -0.376 e. The quantitative estimate of drug-likeness (QED) is 0.802. The number of aromatic nitrogens is 3. The van der Waals surface area contributed by atoms with E-state index in [9.17, 15) is 0 Å². The van der Waals surface area contributed by atoms with E-state index in [4.69, 9.17) is 0 Å². The first-order valence-corrected chi connectivity index (χ1v) is 7.84. The zero-order valence-corrected chi connectivity index (χ0v) is 12.1. The predicted octanol–water partition coefficient (Wildman–Crippen LogP) is 3.53. The van der Waals surface area contributed by atoms with E-state index in [1.807, 2.05) is 36.2 Å². The molecule has 2 heterocycles. The normalized spacial score (nSPS) is 16.7. The Balaban J connectivity index is 1.67. The average Bonchev–Trinajstić information content (AvgIpc) is 3.18. The number of hydrogen-bond acceptors (Lipinski definition) is 4. The topological polar surface area (TPSA) is 42.7 Å². The Kier molecular flexibility index (Phi) is 3.12. The fourth-order valence-electron chi connectivity index (χ4n) is 2.60. The minimum absolute atomic E-state index is 0.330. The van der Waals surface area contributed by atoms with Gasteiger partial charge in [-0.3, -0.25) is 0 Å². The molecule has 1 atom stereocenters. The van der Waals surface area contributed by atoms with E-state index in [1.165, 1.54) is 10.5 Å². The number of nitrogens with zero attached hydrogens (tertiary/aromatic N) is 3. The van der Waals surface area contributed by atoms with E-state index in [-0.39, 0.29) is 0 Å². The lowest BCUT2D eigenvalue weighted by Gasteiger charge is -2.17. The Hall–Kier alpha value is -2.27. The highest BCUT2D eigenvalue weighted by atomic mass is 32.2. The number of para-hydroxylation sites is 2. The van der Waals surface area contributed by atoms with Crippen LogP contribution in [0.25, 0.3) is 5.69 Å². The van der Waals surface area contributed by atoms with Crippen LogP contribution in [0.2, 0.25) is 0 Å². The fourth-order valence-corrected chi connectivity index (χ4v) is 3.76. The van der Waals surface area contributed by atoms with Gasteiger partial charge in [-0.15, -0.1) is 16.9 Å². The molecule has 5 heteroatoms. The van der Waals surface area contributed by atoms with Crippen molar-refractivity contribution in [3.8, 4) is 5.69 Å². The number of hydrogen-bond donors (Lipinski definition) is 1. The first-order valence-electron chi connectivity index (χ1n) is 6.86. The molecular weight excluding hydrogens is 280 g/mol. The van der Waals surface area contributed by atoms with Crippen LogP contribution in [0, 0.1) is 0 Å². The zero-order chi connectivity index (χ0) is 14.1. The summed E-state index contributed by atoms with van der Waals surface area (Å²) in [7, 11) is 0. The second-order valence-corrected chi connectivity index (χ2v) is 5.97. The summed E-state index contributed by atoms with van der Waals surface area (Å²) in [6, 6.07) is 17.1. The molecule has 4 rings (SSSR count). The molecule has 3 aromatic rings. The van der Waals surface area contributed by atoms with Crippen molar-refractivity contribution >= 4 is 17.4 Å². The van der Waals surface area contributed by atoms with Gasteiger partial charge in [0.25, 0.3) is 0 Å². The fraction of sp³-hybridized carbons (Fsp3) is 0.125. The lowest BCUT2D eigenvalue weighted by molar-refractivity contribution is 0.799. The number of nitrogens with one attached hydrogen (secondary N) is 1. The van der Waals surface area contributed by atoms with Gasteiger partial charge >= 0.3 is 0 Å². The molecule has 0 saturated heterocycles. The Labute approximate surface area is 127 Å². The summed E-state index contributed by atoms with van der Waals surface area (Å²) in [5.41, 5.74) is 3.46. The highest BCUT2D eigenvalue weighted by molar-refractivity contribution is 7.99. The predicted molar refractivity (Wildman–Crippen MR) is 84.9 cm³/mol. The summed E-state index contributed by atoms with van der Waals surface area (Å²) in [4.78, 5) is 1.37. The van der Waals surface area contributed by atoms with Gasteiger partial charge in [-0.2, -0.15) is 0 Å². The average molecular weight is 294 g/mol. The maximum atomic E-state index is 4.09. The SMILES string of the molecule is c1ccc(-n2ccnn2)c(NC2CSc3ccccc32)c1. The van der Waals surface area contributed by atoms with E-state index in [2.05, 4.69) is 46.0 Å². The number of anilines is 1. The maximum absolute atomic E-state index is 4.09. The van der Waals surface area contributed by atoms with Gasteiger partial charge in [-0.05, 0) is 23.8 Å². The largest absolute Gasteiger partial charge is 0.376 e. The van der Waals surface area contributed by atoms with Gasteiger partial charge in [-0.1, -0.05) is 35.5 Å². The molecule has 2 aromatic carbocycles. The molecule has 0 fully saturated rings. The van der Waals surface area contributed by atoms with E-state index in [1.54, 1.807) is 10.9 Å². The second kappa shape index (κ2) is 5.26. The van der Waals surface area contributed by atoms with Crippen LogP contribution >= 0.6 is 11.8 Å². The zero-order valence-electron chi connectivity index (χ0n) is 11.3. The van der Waals surface area contributed by atoms with E-state index < -0.39 is 0 Å². The third kappa shape index (κ3) is 2.29. The number of rotatable bonds is 3. The summed E-state index contributed by atoms with van der Waals surface area (Å²) >= 11 is 1.90. The molecule has 1 N–H and O–H groups in total. The summed E-state index contributed by atoms with van der Waals surface area (Å²) in [6.45, 7) is 0. The third-order valence-electron chi connectivity index (χ3n) is 3.60. The Morgan fingerprint density at radius 2 is 1.95 bits per heavy atom. The van der Waals surface area contributed by atoms with E-state index in [0.29, 0.717) is 6.04 Å². The second-order valence-electron chi connectivity index (χ2n) is 4.91. The van der Waals surface area contributed by atoms with Gasteiger partial charge in [0.2, 0.25) is 0 Å². The minimum atomic E-state index is 0.330. The van der Waals surface area contributed by atoms with Gasteiger partial charge < -0.3 is 5.32 Å². The van der Waals surface area contributed by atoms with Crippen LogP contribution in [0.5, 0.6) is 0 Å². The first-order chi connectivity index (χ1) is 10.4. The Bertz CT molecular complexity index is 754. The lowest BCUT2D eigenvalue weighted by Crippen LogP contribution is -2.12. The molecule has 1 unspecified atom stereocenters. The molecule has 1 aliphatic rings. The van der Waals surface area contributed by atoms with Crippen molar-refractivity contribution in [3.63, 3.8) is 0 Å². The molecule has 21 heavy (non-hydrogen) atoms. The van der Waals surface area contributed by atoms with E-state index >= 15 is 0 Å². The van der Waals surface area contributed by atoms with Crippen molar-refractivity contribution in [2.75, 3.05) is 11.1 Å². The van der Waals surface area contributed by atoms with Crippen molar-refractivity contribution in [3.05, 3.63) is 66.5 Å². The summed E-state index contributed by atoms with van der Waals surface area (Å²) in [5.74, 6) is 1.05. The van der Waals surface area contributed by atoms with Crippen LogP contribution in [0.15, 0.2) is 65.8 Å². The molecular formula is C16H14N4S. The number of benzene rings is 2. The van der Waals surface area contributed by atoms with Gasteiger partial charge in [0.15, 0.2) is 0 Å². The molecule has 0 amide bonds. The highest BCUT2D eigenvalue weighted by Crippen LogP contribution is 2.40. The van der Waals surface area contributed by atoms with Crippen molar-refractivity contribution in [1.29, 1.82) is 0 Å². The van der Waals surface area contributed by atoms with Crippen LogP contribution in [0.4, 0.5) is 5.69 Å². The summed E-state index contributed by atoms with van der Waals surface area (Å²) in [6.07, 6.45) is 3.55. The monoisotopic (exact) mass is 294 g/mol. The van der Waals surface area contributed by atoms with Crippen LogP contribution < -0.4 is 5.32 Å². The van der Waals surface area contributed by atoms with Crippen LogP contribution in [-0.4, -0.2) is 20.7 Å². The highest BCUT2D eigenvalue weighted by Gasteiger charge is 2.23. The molecule has 0 saturated carbocycles. The van der Waals surface area contributed by atoms with Crippen molar-refractivity contribution < 1.29 is 0 Å². The Morgan fingerprint density at radius 1 is 1.10 bits per heavy atom. The smallest absolute Gasteiger partial charge is 0.0894 e. The van der Waals surface area contributed by atoms with Crippen molar-refractivity contribution in [2.45, 2.75) is 10.9 Å². The van der Waals surface area contributed by atoms with Crippen LogP contribution in [-0.2, 0) is 0 Å². The molecule has 0 aliphatic carbocycles. The maximum Gasteiger partial charge on any atom is 0.0894 e. The molecule has 1 aromatic heterocycles. The molecule has 0 radical (unpaired) electrons. The van der Waals surface area contributed by atoms with Gasteiger partial charge in [-0.25, -0.2) is 4.68 Å². The van der Waals surface area contributed by atoms with Crippen LogP contribution in [0.1, 0.15) is 11.6 Å². The molecule has 4 nitrogen and oxygen atoms in total. The summed E-state index contributed by atoms with van der Waals surface area (Å²) in [5, 5.41) is 11.6. The molecule has 0 spiro atoms. The molecule has 0 bridgehead atoms. The van der Waals surface area contributed by atoms with Gasteiger partial charge in [0.1, 0.15) is 0 Å². The first kappa shape index (κ1) is 12.5. The third-order valence-corrected chi connectivity index (χ3v) is 4.79. The Morgan fingerprint density at radius 3 is 2.86 bits per heavy atom. The van der Waals surface area contributed by atoms with Gasteiger partial charge in [0, 0.05) is 10.6 Å².